The number of carboxylic acids is 2. The first-order valence-corrected chi connectivity index (χ1v) is 8.09. The maximum absolute atomic E-state index is 10.2. The second-order valence-electron chi connectivity index (χ2n) is 7.63. The third kappa shape index (κ3) is 16.8. The molecule has 0 heterocycles. The lowest BCUT2D eigenvalue weighted by Crippen LogP contribution is -2.36. The molecule has 0 saturated heterocycles. The van der Waals surface area contributed by atoms with Gasteiger partial charge in [-0.2, -0.15) is 0 Å². The maximum Gasteiger partial charge on any atom is 0.101 e. The van der Waals surface area contributed by atoms with Gasteiger partial charge >= 0.3 is 0 Å². The van der Waals surface area contributed by atoms with E-state index in [1.807, 2.05) is 0 Å². The lowest BCUT2D eigenvalue weighted by Gasteiger charge is -2.21. The molecule has 0 spiro atoms. The molecule has 2 N–H and O–H groups in total. The lowest BCUT2D eigenvalue weighted by molar-refractivity contribution is -0.870. The van der Waals surface area contributed by atoms with Crippen molar-refractivity contribution in [1.29, 1.82) is 0 Å². The zero-order valence-corrected chi connectivity index (χ0v) is 16.6. The summed E-state index contributed by atoms with van der Waals surface area (Å²) in [5.74, 6) is -2.67. The van der Waals surface area contributed by atoms with Crippen LogP contribution in [0.25, 0.3) is 0 Å². The summed E-state index contributed by atoms with van der Waals surface area (Å²) in [5.41, 5.74) is -0.111. The maximum atomic E-state index is 10.2. The van der Waals surface area contributed by atoms with Gasteiger partial charge in [0, 0.05) is 0 Å². The van der Waals surface area contributed by atoms with Crippen molar-refractivity contribution in [2.45, 2.75) is 0 Å². The van der Waals surface area contributed by atoms with Gasteiger partial charge in [-0.25, -0.2) is 0 Å². The quantitative estimate of drug-likeness (QED) is 0.546. The van der Waals surface area contributed by atoms with Crippen molar-refractivity contribution in [3.05, 3.63) is 35.4 Å². The molecule has 0 aliphatic carbocycles. The van der Waals surface area contributed by atoms with Crippen LogP contribution in [-0.4, -0.2) is 99.7 Å². The van der Waals surface area contributed by atoms with Crippen LogP contribution in [-0.2, 0) is 0 Å². The summed E-state index contributed by atoms with van der Waals surface area (Å²) >= 11 is 0. The molecular weight excluding hydrogens is 340 g/mol. The van der Waals surface area contributed by atoms with Gasteiger partial charge in [0.15, 0.2) is 0 Å². The van der Waals surface area contributed by atoms with E-state index in [0.717, 1.165) is 46.3 Å². The molecule has 0 amide bonds. The normalized spacial score (nSPS) is 10.8. The number of carboxylic acid groups (broad SMARTS) is 2. The zero-order chi connectivity index (χ0) is 21.0. The number of carbonyl (C=O) groups is 2. The molecule has 0 aliphatic rings. The molecule has 8 heteroatoms. The third-order valence-electron chi connectivity index (χ3n) is 2.90. The molecule has 0 atom stereocenters. The number of hydrogen-bond donors (Lipinski definition) is 2. The molecular formula is C18H32N2O6. The van der Waals surface area contributed by atoms with Crippen molar-refractivity contribution in [2.75, 3.05) is 68.6 Å². The number of quaternary nitrogens is 2. The Morgan fingerprint density at radius 2 is 0.962 bits per heavy atom. The van der Waals surface area contributed by atoms with Crippen LogP contribution in [0.5, 0.6) is 0 Å². The number of aliphatic hydroxyl groups is 2. The first-order valence-electron chi connectivity index (χ1n) is 8.09. The molecule has 0 radical (unpaired) electrons. The second kappa shape index (κ2) is 12.4. The van der Waals surface area contributed by atoms with Crippen molar-refractivity contribution in [1.82, 2.24) is 0 Å². The summed E-state index contributed by atoms with van der Waals surface area (Å²) in [6.07, 6.45) is 0. The molecule has 0 unspecified atom stereocenters. The molecule has 0 fully saturated rings. The van der Waals surface area contributed by atoms with Crippen molar-refractivity contribution in [3.63, 3.8) is 0 Å². The number of benzene rings is 1. The van der Waals surface area contributed by atoms with Crippen molar-refractivity contribution in [2.24, 2.45) is 0 Å². The van der Waals surface area contributed by atoms with Gasteiger partial charge in [-0.15, -0.1) is 0 Å². The average molecular weight is 372 g/mol. The van der Waals surface area contributed by atoms with Crippen LogP contribution in [0.4, 0.5) is 0 Å². The van der Waals surface area contributed by atoms with Crippen LogP contribution in [0.3, 0.4) is 0 Å². The standard InChI is InChI=1S/C8H6O4.2C5H14NO/c9-7(10)5-1-2-6(4-3-5)8(11)12;2*1-6(2,3)4-5-7/h1-4H,(H,9,10)(H,11,12);2*7H,4-5H2,1-3H3/q;2*+1/p-2. The highest BCUT2D eigenvalue weighted by Crippen LogP contribution is 2.01. The molecule has 0 saturated carbocycles. The van der Waals surface area contributed by atoms with Crippen LogP contribution < -0.4 is 10.2 Å². The van der Waals surface area contributed by atoms with Gasteiger partial charge in [0.25, 0.3) is 0 Å². The monoisotopic (exact) mass is 372 g/mol. The van der Waals surface area contributed by atoms with Gasteiger partial charge in [-0.1, -0.05) is 24.3 Å². The van der Waals surface area contributed by atoms with Gasteiger partial charge in [-0.05, 0) is 11.1 Å². The van der Waals surface area contributed by atoms with Crippen LogP contribution in [0.1, 0.15) is 20.7 Å². The highest BCUT2D eigenvalue weighted by atomic mass is 16.4. The Hall–Kier alpha value is -2.00. The summed E-state index contributed by atoms with van der Waals surface area (Å²) in [6, 6.07) is 4.61. The van der Waals surface area contributed by atoms with Crippen LogP contribution in [0.2, 0.25) is 0 Å². The minimum atomic E-state index is -1.33. The Bertz CT molecular complexity index is 481. The topological polar surface area (TPSA) is 121 Å². The largest absolute Gasteiger partial charge is 0.545 e. The second-order valence-corrected chi connectivity index (χ2v) is 7.63. The fourth-order valence-electron chi connectivity index (χ4n) is 1.34. The van der Waals surface area contributed by atoms with E-state index in [1.54, 1.807) is 0 Å². The first-order chi connectivity index (χ1) is 11.7. The van der Waals surface area contributed by atoms with Gasteiger partial charge in [0.2, 0.25) is 0 Å². The van der Waals surface area contributed by atoms with Crippen LogP contribution in [0.15, 0.2) is 24.3 Å². The third-order valence-corrected chi connectivity index (χ3v) is 2.90. The predicted octanol–water partition coefficient (Wildman–Crippen LogP) is -2.22. The summed E-state index contributed by atoms with van der Waals surface area (Å²) in [6.45, 7) is 2.23. The number of aliphatic hydroxyl groups excluding tert-OH is 2. The van der Waals surface area contributed by atoms with E-state index >= 15 is 0 Å². The van der Waals surface area contributed by atoms with E-state index < -0.39 is 11.9 Å². The van der Waals surface area contributed by atoms with Gasteiger partial charge in [-0.3, -0.25) is 0 Å². The fourth-order valence-corrected chi connectivity index (χ4v) is 1.34. The molecule has 8 nitrogen and oxygen atoms in total. The molecule has 1 aromatic rings. The fraction of sp³-hybridized carbons (Fsp3) is 0.556. The number of aromatic carboxylic acids is 2. The van der Waals surface area contributed by atoms with E-state index in [2.05, 4.69) is 42.3 Å². The highest BCUT2D eigenvalue weighted by Gasteiger charge is 2.02. The summed E-state index contributed by atoms with van der Waals surface area (Å²) in [5, 5.41) is 37.2. The first kappa shape index (κ1) is 26.2. The zero-order valence-electron chi connectivity index (χ0n) is 16.6. The minimum Gasteiger partial charge on any atom is -0.545 e. The molecule has 1 aromatic carbocycles. The van der Waals surface area contributed by atoms with Gasteiger partial charge in [0.1, 0.15) is 13.1 Å². The number of nitrogens with zero attached hydrogens (tertiary/aromatic N) is 2. The summed E-state index contributed by atoms with van der Waals surface area (Å²) in [4.78, 5) is 20.4. The van der Waals surface area contributed by atoms with Crippen molar-refractivity contribution < 1.29 is 39.0 Å². The van der Waals surface area contributed by atoms with E-state index in [-0.39, 0.29) is 24.3 Å². The van der Waals surface area contributed by atoms with Crippen LogP contribution >= 0.6 is 0 Å². The van der Waals surface area contributed by atoms with E-state index in [0.29, 0.717) is 0 Å². The van der Waals surface area contributed by atoms with Gasteiger partial charge < -0.3 is 39.0 Å². The highest BCUT2D eigenvalue weighted by molar-refractivity contribution is 5.89. The SMILES string of the molecule is C[N+](C)(C)CCO.C[N+](C)(C)CCO.O=C([O-])c1ccc(C(=O)[O-])cc1. The molecule has 0 aromatic heterocycles. The molecule has 26 heavy (non-hydrogen) atoms. The van der Waals surface area contributed by atoms with E-state index in [1.165, 1.54) is 0 Å². The predicted molar refractivity (Wildman–Crippen MR) is 95.1 cm³/mol. The van der Waals surface area contributed by atoms with Gasteiger partial charge in [0.05, 0.1) is 67.4 Å². The lowest BCUT2D eigenvalue weighted by atomic mass is 10.1. The molecule has 0 bridgehead atoms. The van der Waals surface area contributed by atoms with E-state index in [4.69, 9.17) is 10.2 Å². The Morgan fingerprint density at radius 1 is 0.731 bits per heavy atom. The van der Waals surface area contributed by atoms with E-state index in [9.17, 15) is 19.8 Å². The Kier molecular flexibility index (Phi) is 12.5. The molecule has 1 rings (SSSR count). The summed E-state index contributed by atoms with van der Waals surface area (Å²) in [7, 11) is 12.3. The number of rotatable bonds is 6. The smallest absolute Gasteiger partial charge is 0.101 e. The van der Waals surface area contributed by atoms with Crippen molar-refractivity contribution in [3.8, 4) is 0 Å². The Balaban J connectivity index is 0. The van der Waals surface area contributed by atoms with Crippen molar-refractivity contribution >= 4 is 11.9 Å². The Morgan fingerprint density at radius 3 is 1.04 bits per heavy atom. The molecule has 0 aliphatic heterocycles. The minimum absolute atomic E-state index is 0.0556. The summed E-state index contributed by atoms with van der Waals surface area (Å²) < 4.78 is 1.69. The number of hydrogen-bond acceptors (Lipinski definition) is 6. The average Bonchev–Trinajstić information content (AvgIpc) is 2.46. The number of carbonyl (C=O) groups excluding carboxylic acids is 2. The number of likely N-dealkylation sites (N-methyl/N-ethyl adjacent to an activating group) is 2. The molecule has 150 valence electrons. The Labute approximate surface area is 155 Å². The van der Waals surface area contributed by atoms with Crippen LogP contribution in [0, 0.1) is 0 Å².